The third-order valence-corrected chi connectivity index (χ3v) is 5.26. The van der Waals surface area contributed by atoms with Gasteiger partial charge in [0.1, 0.15) is 11.6 Å². The zero-order valence-corrected chi connectivity index (χ0v) is 17.7. The Balaban J connectivity index is 0.00000272. The molecule has 31 heavy (non-hydrogen) atoms. The molecule has 0 radical (unpaired) electrons. The molecule has 4 rings (SSSR count). The van der Waals surface area contributed by atoms with Crippen molar-refractivity contribution in [3.8, 4) is 11.1 Å². The molecule has 2 aromatic heterocycles. The van der Waals surface area contributed by atoms with Crippen molar-refractivity contribution < 1.29 is 33.2 Å². The van der Waals surface area contributed by atoms with Gasteiger partial charge in [-0.15, -0.1) is 0 Å². The van der Waals surface area contributed by atoms with Crippen LogP contribution < -0.4 is 39.7 Å². The molecule has 3 heterocycles. The molecule has 7 nitrogen and oxygen atoms in total. The van der Waals surface area contributed by atoms with E-state index in [9.17, 15) is 19.1 Å². The Labute approximate surface area is 194 Å². The van der Waals surface area contributed by atoms with Crippen LogP contribution in [-0.4, -0.2) is 29.1 Å². The van der Waals surface area contributed by atoms with Gasteiger partial charge in [-0.3, -0.25) is 14.3 Å². The molecule has 1 N–H and O–H groups in total. The summed E-state index contributed by atoms with van der Waals surface area (Å²) in [5.41, 5.74) is 0.437. The largest absolute Gasteiger partial charge is 1.00 e. The first kappa shape index (κ1) is 22.9. The number of pyridine rings is 2. The molecule has 0 aliphatic carbocycles. The van der Waals surface area contributed by atoms with Crippen LogP contribution in [0.3, 0.4) is 0 Å². The maximum Gasteiger partial charge on any atom is 1.00 e. The van der Waals surface area contributed by atoms with Gasteiger partial charge in [0.05, 0.1) is 22.9 Å². The summed E-state index contributed by atoms with van der Waals surface area (Å²) in [6, 6.07) is 7.03. The van der Waals surface area contributed by atoms with Crippen molar-refractivity contribution in [1.82, 2.24) is 9.55 Å². The molecule has 0 saturated carbocycles. The summed E-state index contributed by atoms with van der Waals surface area (Å²) in [5, 5.41) is 14.8. The minimum absolute atomic E-state index is 0. The Kier molecular flexibility index (Phi) is 6.75. The first-order chi connectivity index (χ1) is 14.4. The van der Waals surface area contributed by atoms with Gasteiger partial charge >= 0.3 is 18.9 Å². The van der Waals surface area contributed by atoms with E-state index in [1.165, 1.54) is 42.7 Å². The van der Waals surface area contributed by atoms with Crippen LogP contribution >= 0.6 is 11.6 Å². The van der Waals surface area contributed by atoms with E-state index in [1.807, 2.05) is 11.9 Å². The number of aromatic carboxylic acids is 1. The van der Waals surface area contributed by atoms with Crippen LogP contribution in [0.1, 0.15) is 16.8 Å². The molecular formula is C21H17ClFLiN4O3. The van der Waals surface area contributed by atoms with Crippen molar-refractivity contribution >= 4 is 34.8 Å². The Morgan fingerprint density at radius 2 is 1.97 bits per heavy atom. The summed E-state index contributed by atoms with van der Waals surface area (Å²) in [4.78, 5) is 30.4. The average molecular weight is 435 g/mol. The number of rotatable bonds is 4. The third-order valence-electron chi connectivity index (χ3n) is 5.03. The zero-order chi connectivity index (χ0) is 21.4. The summed E-state index contributed by atoms with van der Waals surface area (Å²) in [5.74, 6) is -1.38. The zero-order valence-electron chi connectivity index (χ0n) is 17.0. The Hall–Kier alpha value is -2.79. The molecule has 0 bridgehead atoms. The van der Waals surface area contributed by atoms with Crippen LogP contribution in [0, 0.1) is 5.82 Å². The second-order valence-corrected chi connectivity index (χ2v) is 7.42. The van der Waals surface area contributed by atoms with Gasteiger partial charge < -0.3 is 20.1 Å². The summed E-state index contributed by atoms with van der Waals surface area (Å²) in [7, 11) is 1.83. The normalized spacial score (nSPS) is 12.7. The summed E-state index contributed by atoms with van der Waals surface area (Å²) >= 11 is 6.03. The molecule has 1 aromatic carbocycles. The number of carboxylic acid groups (broad SMARTS) is 1. The van der Waals surface area contributed by atoms with Crippen LogP contribution in [-0.2, 0) is 6.54 Å². The number of nitrogens with one attached hydrogen (secondary N) is 1. The summed E-state index contributed by atoms with van der Waals surface area (Å²) < 4.78 is 16.1. The van der Waals surface area contributed by atoms with Crippen molar-refractivity contribution in [1.29, 1.82) is 0 Å². The maximum atomic E-state index is 14.5. The predicted molar refractivity (Wildman–Crippen MR) is 111 cm³/mol. The average Bonchev–Trinajstić information content (AvgIpc) is 2.72. The molecule has 154 valence electrons. The molecule has 3 aromatic rings. The van der Waals surface area contributed by atoms with E-state index in [0.29, 0.717) is 29.6 Å². The molecule has 0 atom stereocenters. The van der Waals surface area contributed by atoms with E-state index in [1.54, 1.807) is 4.57 Å². The van der Waals surface area contributed by atoms with Crippen molar-refractivity contribution in [2.75, 3.05) is 23.8 Å². The van der Waals surface area contributed by atoms with Crippen LogP contribution in [0.4, 0.5) is 21.6 Å². The Morgan fingerprint density at radius 1 is 1.19 bits per heavy atom. The number of hydrogen-bond donors (Lipinski definition) is 1. The van der Waals surface area contributed by atoms with Gasteiger partial charge in [-0.05, 0) is 36.8 Å². The minimum Gasteiger partial charge on any atom is -0.545 e. The third kappa shape index (κ3) is 4.33. The van der Waals surface area contributed by atoms with Crippen molar-refractivity contribution in [3.05, 3.63) is 69.5 Å². The van der Waals surface area contributed by atoms with E-state index < -0.39 is 11.8 Å². The number of carboxylic acids is 1. The van der Waals surface area contributed by atoms with Gasteiger partial charge in [-0.2, -0.15) is 0 Å². The van der Waals surface area contributed by atoms with Gasteiger partial charge in [0.2, 0.25) is 0 Å². The van der Waals surface area contributed by atoms with Gasteiger partial charge in [0.15, 0.2) is 0 Å². The van der Waals surface area contributed by atoms with Crippen LogP contribution in [0.15, 0.2) is 47.5 Å². The number of nitrogens with zero attached hydrogens (tertiary/aromatic N) is 3. The number of carbonyl (C=O) groups is 1. The van der Waals surface area contributed by atoms with E-state index in [4.69, 9.17) is 11.6 Å². The van der Waals surface area contributed by atoms with Crippen LogP contribution in [0.5, 0.6) is 0 Å². The molecule has 10 heteroatoms. The number of aromatic nitrogens is 2. The number of halogens is 2. The Morgan fingerprint density at radius 3 is 2.71 bits per heavy atom. The molecule has 0 saturated heterocycles. The van der Waals surface area contributed by atoms with E-state index in [2.05, 4.69) is 10.3 Å². The van der Waals surface area contributed by atoms with Gasteiger partial charge in [0, 0.05) is 48.7 Å². The second kappa shape index (κ2) is 9.14. The monoisotopic (exact) mass is 434 g/mol. The first-order valence-electron chi connectivity index (χ1n) is 9.23. The Bertz CT molecular complexity index is 1220. The molecule has 1 aliphatic rings. The summed E-state index contributed by atoms with van der Waals surface area (Å²) in [6.45, 7) is 1.16. The standard InChI is InChI=1S/C21H18ClFN4O3.Li/c1-26-7-2-8-27-19(26)18(25-17-5-6-24-11-15(17)21(29)30)10-14(20(27)28)13-9-12(22)3-4-16(13)23;/h3-6,9-11H,2,7-8H2,1H3,(H,24,25)(H,29,30);/q;+1/p-1. The van der Waals surface area contributed by atoms with Crippen LogP contribution in [0.25, 0.3) is 11.1 Å². The van der Waals surface area contributed by atoms with Gasteiger partial charge in [0.25, 0.3) is 5.56 Å². The first-order valence-corrected chi connectivity index (χ1v) is 9.61. The fourth-order valence-electron chi connectivity index (χ4n) is 3.65. The van der Waals surface area contributed by atoms with Gasteiger partial charge in [-0.1, -0.05) is 11.6 Å². The summed E-state index contributed by atoms with van der Waals surface area (Å²) in [6.07, 6.45) is 3.36. The molecule has 0 unspecified atom stereocenters. The SMILES string of the molecule is CN1CCCn2c1c(Nc1ccncc1C(=O)[O-])cc(-c1cc(Cl)ccc1F)c2=O.[Li+]. The number of carbonyl (C=O) groups excluding carboxylic acids is 1. The molecular weight excluding hydrogens is 418 g/mol. The molecule has 0 fully saturated rings. The predicted octanol–water partition coefficient (Wildman–Crippen LogP) is -0.346. The topological polar surface area (TPSA) is 90.3 Å². The van der Waals surface area contributed by atoms with E-state index in [-0.39, 0.29) is 46.8 Å². The van der Waals surface area contributed by atoms with Crippen molar-refractivity contribution in [2.24, 2.45) is 0 Å². The molecule has 0 amide bonds. The fraction of sp³-hybridized carbons (Fsp3) is 0.190. The van der Waals surface area contributed by atoms with Gasteiger partial charge in [-0.25, -0.2) is 4.39 Å². The second-order valence-electron chi connectivity index (χ2n) is 6.99. The van der Waals surface area contributed by atoms with E-state index >= 15 is 0 Å². The van der Waals surface area contributed by atoms with E-state index in [0.717, 1.165) is 6.42 Å². The number of hydrogen-bond acceptors (Lipinski definition) is 6. The maximum absolute atomic E-state index is 14.5. The van der Waals surface area contributed by atoms with Crippen molar-refractivity contribution in [2.45, 2.75) is 13.0 Å². The molecule has 0 spiro atoms. The smallest absolute Gasteiger partial charge is 0.545 e. The number of anilines is 3. The quantitative estimate of drug-likeness (QED) is 0.565. The minimum atomic E-state index is -1.39. The fourth-order valence-corrected chi connectivity index (χ4v) is 3.82. The number of fused-ring (bicyclic) bond motifs is 1. The molecule has 1 aliphatic heterocycles. The van der Waals surface area contributed by atoms with Crippen LogP contribution in [0.2, 0.25) is 5.02 Å². The van der Waals surface area contributed by atoms with Crippen molar-refractivity contribution in [3.63, 3.8) is 0 Å². The number of benzene rings is 1.